The minimum Gasteiger partial charge on any atom is -0.340 e. The van der Waals surface area contributed by atoms with Gasteiger partial charge in [-0.25, -0.2) is 0 Å². The number of carbonyl (C=O) groups excluding carboxylic acids is 2. The number of nitrogens with two attached hydrogens (primary N) is 1. The second-order valence-electron chi connectivity index (χ2n) is 5.63. The summed E-state index contributed by atoms with van der Waals surface area (Å²) in [5, 5.41) is 2.70. The second kappa shape index (κ2) is 7.91. The number of hydrogen-bond acceptors (Lipinski definition) is 4. The normalized spacial score (nSPS) is 15.6. The van der Waals surface area contributed by atoms with E-state index < -0.39 is 0 Å². The maximum atomic E-state index is 12.2. The standard InChI is InChI=1S/C16H24N4O2/c1-19-8-10-20(11-9-19)16(22)7-4-13-2-5-14(6-3-13)18-15(21)12-17/h2-3,5-6H,4,7-12,17H2,1H3,(H,18,21). The lowest BCUT2D eigenvalue weighted by Crippen LogP contribution is -2.47. The molecule has 6 nitrogen and oxygen atoms in total. The highest BCUT2D eigenvalue weighted by molar-refractivity contribution is 5.92. The van der Waals surface area contributed by atoms with Gasteiger partial charge in [0.05, 0.1) is 6.54 Å². The quantitative estimate of drug-likeness (QED) is 0.819. The highest BCUT2D eigenvalue weighted by Gasteiger charge is 2.18. The van der Waals surface area contributed by atoms with Crippen LogP contribution < -0.4 is 11.1 Å². The summed E-state index contributed by atoms with van der Waals surface area (Å²) in [4.78, 5) is 27.5. The molecule has 120 valence electrons. The molecule has 1 saturated heterocycles. The van der Waals surface area contributed by atoms with Gasteiger partial charge in [0.25, 0.3) is 0 Å². The van der Waals surface area contributed by atoms with Crippen molar-refractivity contribution in [3.63, 3.8) is 0 Å². The summed E-state index contributed by atoms with van der Waals surface area (Å²) >= 11 is 0. The first kappa shape index (κ1) is 16.5. The topological polar surface area (TPSA) is 78.7 Å². The molecule has 1 heterocycles. The number of rotatable bonds is 5. The van der Waals surface area contributed by atoms with Crippen LogP contribution in [0.15, 0.2) is 24.3 Å². The summed E-state index contributed by atoms with van der Waals surface area (Å²) in [6.45, 7) is 3.50. The van der Waals surface area contributed by atoms with Gasteiger partial charge in [0.2, 0.25) is 11.8 Å². The van der Waals surface area contributed by atoms with Crippen molar-refractivity contribution in [2.45, 2.75) is 12.8 Å². The number of nitrogens with one attached hydrogen (secondary N) is 1. The Labute approximate surface area is 131 Å². The monoisotopic (exact) mass is 304 g/mol. The Bertz CT molecular complexity index is 507. The maximum Gasteiger partial charge on any atom is 0.238 e. The molecule has 22 heavy (non-hydrogen) atoms. The number of nitrogens with zero attached hydrogens (tertiary/aromatic N) is 2. The molecular weight excluding hydrogens is 280 g/mol. The van der Waals surface area contributed by atoms with Crippen LogP contribution in [0.1, 0.15) is 12.0 Å². The fraction of sp³-hybridized carbons (Fsp3) is 0.500. The van der Waals surface area contributed by atoms with Crippen molar-refractivity contribution in [2.75, 3.05) is 45.1 Å². The summed E-state index contributed by atoms with van der Waals surface area (Å²) < 4.78 is 0. The highest BCUT2D eigenvalue weighted by Crippen LogP contribution is 2.12. The van der Waals surface area contributed by atoms with Gasteiger partial charge in [-0.15, -0.1) is 0 Å². The third-order valence-corrected chi connectivity index (χ3v) is 3.91. The fourth-order valence-electron chi connectivity index (χ4n) is 2.43. The minimum atomic E-state index is -0.210. The number of aryl methyl sites for hydroxylation is 1. The predicted molar refractivity (Wildman–Crippen MR) is 86.5 cm³/mol. The highest BCUT2D eigenvalue weighted by atomic mass is 16.2. The summed E-state index contributed by atoms with van der Waals surface area (Å²) in [6, 6.07) is 7.54. The van der Waals surface area contributed by atoms with Gasteiger partial charge in [-0.3, -0.25) is 9.59 Å². The molecule has 0 unspecified atom stereocenters. The van der Waals surface area contributed by atoms with Gasteiger partial charge in [0, 0.05) is 38.3 Å². The Morgan fingerprint density at radius 3 is 2.36 bits per heavy atom. The number of piperazine rings is 1. The van der Waals surface area contributed by atoms with E-state index in [4.69, 9.17) is 5.73 Å². The van der Waals surface area contributed by atoms with Crippen LogP contribution in [0.2, 0.25) is 0 Å². The molecule has 0 aliphatic carbocycles. The van der Waals surface area contributed by atoms with Crippen LogP contribution in [0.25, 0.3) is 0 Å². The van der Waals surface area contributed by atoms with Crippen LogP contribution >= 0.6 is 0 Å². The summed E-state index contributed by atoms with van der Waals surface area (Å²) in [7, 11) is 2.08. The largest absolute Gasteiger partial charge is 0.340 e. The van der Waals surface area contributed by atoms with Crippen molar-refractivity contribution in [1.29, 1.82) is 0 Å². The summed E-state index contributed by atoms with van der Waals surface area (Å²) in [6.07, 6.45) is 1.24. The van der Waals surface area contributed by atoms with Gasteiger partial charge in [-0.1, -0.05) is 12.1 Å². The number of amides is 2. The van der Waals surface area contributed by atoms with Gasteiger partial charge >= 0.3 is 0 Å². The molecular formula is C16H24N4O2. The molecule has 1 aromatic carbocycles. The Morgan fingerprint density at radius 2 is 1.77 bits per heavy atom. The number of hydrogen-bond donors (Lipinski definition) is 2. The van der Waals surface area contributed by atoms with Crippen LogP contribution in [-0.4, -0.2) is 61.4 Å². The molecule has 2 rings (SSSR count). The van der Waals surface area contributed by atoms with Crippen LogP contribution in [0.3, 0.4) is 0 Å². The molecule has 1 aliphatic rings. The fourth-order valence-corrected chi connectivity index (χ4v) is 2.43. The average Bonchev–Trinajstić information content (AvgIpc) is 2.54. The number of likely N-dealkylation sites (N-methyl/N-ethyl adjacent to an activating group) is 1. The molecule has 1 fully saturated rings. The lowest BCUT2D eigenvalue weighted by atomic mass is 10.1. The van der Waals surface area contributed by atoms with Crippen molar-refractivity contribution in [2.24, 2.45) is 5.73 Å². The molecule has 2 amide bonds. The third-order valence-electron chi connectivity index (χ3n) is 3.91. The van der Waals surface area contributed by atoms with Crippen LogP contribution in [0.4, 0.5) is 5.69 Å². The first-order chi connectivity index (χ1) is 10.6. The van der Waals surface area contributed by atoms with Gasteiger partial charge in [0.1, 0.15) is 0 Å². The van der Waals surface area contributed by atoms with E-state index in [1.807, 2.05) is 29.2 Å². The lowest BCUT2D eigenvalue weighted by Gasteiger charge is -2.32. The smallest absolute Gasteiger partial charge is 0.238 e. The van der Waals surface area contributed by atoms with E-state index in [1.165, 1.54) is 0 Å². The Morgan fingerprint density at radius 1 is 1.14 bits per heavy atom. The predicted octanol–water partition coefficient (Wildman–Crippen LogP) is 0.290. The average molecular weight is 304 g/mol. The van der Waals surface area contributed by atoms with Crippen molar-refractivity contribution in [3.05, 3.63) is 29.8 Å². The van der Waals surface area contributed by atoms with Gasteiger partial charge in [0.15, 0.2) is 0 Å². The first-order valence-corrected chi connectivity index (χ1v) is 7.63. The molecule has 0 spiro atoms. The van der Waals surface area contributed by atoms with Crippen molar-refractivity contribution < 1.29 is 9.59 Å². The van der Waals surface area contributed by atoms with E-state index in [9.17, 15) is 9.59 Å². The minimum absolute atomic E-state index is 0.0265. The summed E-state index contributed by atoms with van der Waals surface area (Å²) in [5.74, 6) is 0.00612. The number of benzene rings is 1. The Kier molecular flexibility index (Phi) is 5.91. The molecule has 0 saturated carbocycles. The Balaban J connectivity index is 1.79. The van der Waals surface area contributed by atoms with E-state index in [0.29, 0.717) is 6.42 Å². The number of carbonyl (C=O) groups is 2. The van der Waals surface area contributed by atoms with E-state index in [2.05, 4.69) is 17.3 Å². The van der Waals surface area contributed by atoms with Crippen molar-refractivity contribution in [1.82, 2.24) is 9.80 Å². The number of anilines is 1. The van der Waals surface area contributed by atoms with Crippen molar-refractivity contribution in [3.8, 4) is 0 Å². The molecule has 0 bridgehead atoms. The van der Waals surface area contributed by atoms with E-state index in [1.54, 1.807) is 0 Å². The Hall–Kier alpha value is -1.92. The second-order valence-corrected chi connectivity index (χ2v) is 5.63. The third kappa shape index (κ3) is 4.82. The van der Waals surface area contributed by atoms with Crippen LogP contribution in [0.5, 0.6) is 0 Å². The SMILES string of the molecule is CN1CCN(C(=O)CCc2ccc(NC(=O)CN)cc2)CC1. The molecule has 0 radical (unpaired) electrons. The molecule has 0 atom stereocenters. The maximum absolute atomic E-state index is 12.2. The molecule has 1 aliphatic heterocycles. The molecule has 6 heteroatoms. The van der Waals surface area contributed by atoms with E-state index in [0.717, 1.165) is 43.9 Å². The van der Waals surface area contributed by atoms with Gasteiger partial charge in [-0.2, -0.15) is 0 Å². The molecule has 0 aromatic heterocycles. The van der Waals surface area contributed by atoms with Gasteiger partial charge in [-0.05, 0) is 31.2 Å². The first-order valence-electron chi connectivity index (χ1n) is 7.63. The van der Waals surface area contributed by atoms with Crippen molar-refractivity contribution >= 4 is 17.5 Å². The molecule has 3 N–H and O–H groups in total. The van der Waals surface area contributed by atoms with Gasteiger partial charge < -0.3 is 20.9 Å². The van der Waals surface area contributed by atoms with Crippen LogP contribution in [-0.2, 0) is 16.0 Å². The molecule has 1 aromatic rings. The van der Waals surface area contributed by atoms with E-state index >= 15 is 0 Å². The zero-order valence-corrected chi connectivity index (χ0v) is 13.0. The van der Waals surface area contributed by atoms with Crippen LogP contribution in [0, 0.1) is 0 Å². The lowest BCUT2D eigenvalue weighted by molar-refractivity contribution is -0.132. The van der Waals surface area contributed by atoms with E-state index in [-0.39, 0.29) is 18.4 Å². The zero-order chi connectivity index (χ0) is 15.9. The zero-order valence-electron chi connectivity index (χ0n) is 13.0. The summed E-state index contributed by atoms with van der Waals surface area (Å²) in [5.41, 5.74) is 7.07.